The number of ether oxygens (including phenoxy) is 1. The summed E-state index contributed by atoms with van der Waals surface area (Å²) >= 11 is 0. The van der Waals surface area contributed by atoms with Crippen molar-refractivity contribution in [1.29, 1.82) is 0 Å². The normalized spacial score (nSPS) is 29.0. The minimum Gasteiger partial charge on any atom is -0.389 e. The van der Waals surface area contributed by atoms with E-state index in [0.29, 0.717) is 19.3 Å². The zero-order chi connectivity index (χ0) is 11.1. The van der Waals surface area contributed by atoms with Crippen LogP contribution in [0.5, 0.6) is 0 Å². The number of aliphatic hydroxyl groups is 1. The summed E-state index contributed by atoms with van der Waals surface area (Å²) in [6.45, 7) is 3.07. The largest absolute Gasteiger partial charge is 0.389 e. The molecule has 0 spiro atoms. The van der Waals surface area contributed by atoms with Gasteiger partial charge in [0.15, 0.2) is 0 Å². The second-order valence-electron chi connectivity index (χ2n) is 4.43. The van der Waals surface area contributed by atoms with Gasteiger partial charge in [0, 0.05) is 6.54 Å². The van der Waals surface area contributed by atoms with Crippen LogP contribution in [-0.2, 0) is 9.57 Å². The molecule has 0 radical (unpaired) electrons. The van der Waals surface area contributed by atoms with Gasteiger partial charge in [0.2, 0.25) is 0 Å². The van der Waals surface area contributed by atoms with Crippen molar-refractivity contribution >= 4 is 0 Å². The molecule has 1 rings (SSSR count). The van der Waals surface area contributed by atoms with Crippen molar-refractivity contribution in [3.05, 3.63) is 0 Å². The maximum absolute atomic E-state index is 9.51. The summed E-state index contributed by atoms with van der Waals surface area (Å²) in [6, 6.07) is 0. The van der Waals surface area contributed by atoms with E-state index in [0.717, 1.165) is 18.8 Å². The van der Waals surface area contributed by atoms with E-state index in [-0.39, 0.29) is 0 Å². The van der Waals surface area contributed by atoms with Crippen LogP contribution >= 0.6 is 0 Å². The van der Waals surface area contributed by atoms with E-state index in [9.17, 15) is 5.11 Å². The number of rotatable bonds is 6. The first-order valence-corrected chi connectivity index (χ1v) is 5.78. The molecule has 4 nitrogen and oxygen atoms in total. The van der Waals surface area contributed by atoms with E-state index in [1.807, 2.05) is 0 Å². The molecule has 1 fully saturated rings. The van der Waals surface area contributed by atoms with Gasteiger partial charge in [-0.3, -0.25) is 0 Å². The van der Waals surface area contributed by atoms with Gasteiger partial charge >= 0.3 is 0 Å². The van der Waals surface area contributed by atoms with Crippen LogP contribution in [0.25, 0.3) is 0 Å². The first kappa shape index (κ1) is 12.9. The Bertz CT molecular complexity index is 166. The van der Waals surface area contributed by atoms with E-state index in [2.05, 4.69) is 17.2 Å². The van der Waals surface area contributed by atoms with Crippen LogP contribution in [0.3, 0.4) is 0 Å². The lowest BCUT2D eigenvalue weighted by Gasteiger charge is -2.27. The summed E-state index contributed by atoms with van der Waals surface area (Å²) in [4.78, 5) is 4.66. The van der Waals surface area contributed by atoms with E-state index < -0.39 is 6.10 Å². The average molecular weight is 217 g/mol. The van der Waals surface area contributed by atoms with Gasteiger partial charge < -0.3 is 14.7 Å². The van der Waals surface area contributed by atoms with Gasteiger partial charge in [-0.15, -0.1) is 0 Å². The highest BCUT2D eigenvalue weighted by Crippen LogP contribution is 2.25. The molecule has 90 valence electrons. The fourth-order valence-electron chi connectivity index (χ4n) is 2.02. The van der Waals surface area contributed by atoms with Gasteiger partial charge in [-0.1, -0.05) is 19.8 Å². The van der Waals surface area contributed by atoms with Crippen molar-refractivity contribution in [2.75, 3.05) is 20.3 Å². The van der Waals surface area contributed by atoms with Crippen LogP contribution in [0.4, 0.5) is 0 Å². The zero-order valence-corrected chi connectivity index (χ0v) is 9.74. The Morgan fingerprint density at radius 3 is 2.93 bits per heavy atom. The molecule has 15 heavy (non-hydrogen) atoms. The number of nitrogens with one attached hydrogen (secondary N) is 1. The third kappa shape index (κ3) is 5.47. The molecular weight excluding hydrogens is 194 g/mol. The van der Waals surface area contributed by atoms with Gasteiger partial charge in [0.25, 0.3) is 0 Å². The van der Waals surface area contributed by atoms with Crippen LogP contribution in [0, 0.1) is 5.92 Å². The van der Waals surface area contributed by atoms with Crippen molar-refractivity contribution in [3.8, 4) is 0 Å². The topological polar surface area (TPSA) is 50.7 Å². The van der Waals surface area contributed by atoms with E-state index in [1.54, 1.807) is 0 Å². The Hall–Kier alpha value is -0.160. The third-order valence-electron chi connectivity index (χ3n) is 2.88. The van der Waals surface area contributed by atoms with Gasteiger partial charge in [0.05, 0.1) is 25.9 Å². The first-order valence-electron chi connectivity index (χ1n) is 5.78. The molecule has 2 N–H and O–H groups in total. The summed E-state index contributed by atoms with van der Waals surface area (Å²) < 4.78 is 5.67. The molecule has 0 bridgehead atoms. The van der Waals surface area contributed by atoms with Gasteiger partial charge in [0.1, 0.15) is 0 Å². The molecule has 1 saturated carbocycles. The number of hydrogen-bond acceptors (Lipinski definition) is 4. The lowest BCUT2D eigenvalue weighted by atomic mass is 9.89. The Morgan fingerprint density at radius 1 is 1.47 bits per heavy atom. The smallest absolute Gasteiger partial charge is 0.0921 e. The molecule has 0 amide bonds. The lowest BCUT2D eigenvalue weighted by Crippen LogP contribution is -2.32. The third-order valence-corrected chi connectivity index (χ3v) is 2.88. The molecular formula is C11H23NO3. The zero-order valence-electron chi connectivity index (χ0n) is 9.74. The molecule has 0 heterocycles. The second-order valence-corrected chi connectivity index (χ2v) is 4.43. The minimum atomic E-state index is -0.484. The molecule has 1 aliphatic carbocycles. The Kier molecular flexibility index (Phi) is 6.17. The molecule has 0 aromatic heterocycles. The van der Waals surface area contributed by atoms with Crippen LogP contribution in [0.15, 0.2) is 0 Å². The quantitative estimate of drug-likeness (QED) is 0.654. The van der Waals surface area contributed by atoms with E-state index >= 15 is 0 Å². The fourth-order valence-corrected chi connectivity index (χ4v) is 2.02. The molecule has 0 saturated heterocycles. The predicted molar refractivity (Wildman–Crippen MR) is 58.4 cm³/mol. The van der Waals surface area contributed by atoms with Crippen molar-refractivity contribution < 1.29 is 14.7 Å². The van der Waals surface area contributed by atoms with Crippen LogP contribution in [-0.4, -0.2) is 37.6 Å². The molecule has 1 aliphatic rings. The highest BCUT2D eigenvalue weighted by molar-refractivity contribution is 4.71. The van der Waals surface area contributed by atoms with Crippen LogP contribution in [0.1, 0.15) is 32.6 Å². The summed E-state index contributed by atoms with van der Waals surface area (Å²) in [5.74, 6) is 0.762. The van der Waals surface area contributed by atoms with Crippen LogP contribution < -0.4 is 5.48 Å². The SMILES string of the molecule is CONCC(O)COC1CCCC(C)C1. The highest BCUT2D eigenvalue weighted by atomic mass is 16.6. The monoisotopic (exact) mass is 217 g/mol. The summed E-state index contributed by atoms with van der Waals surface area (Å²) in [5, 5.41) is 9.51. The fraction of sp³-hybridized carbons (Fsp3) is 1.00. The van der Waals surface area contributed by atoms with E-state index in [1.165, 1.54) is 20.0 Å². The van der Waals surface area contributed by atoms with Gasteiger partial charge in [-0.2, -0.15) is 0 Å². The number of hydrogen-bond donors (Lipinski definition) is 2. The van der Waals surface area contributed by atoms with Gasteiger partial charge in [-0.05, 0) is 18.8 Å². The van der Waals surface area contributed by atoms with Crippen molar-refractivity contribution in [2.24, 2.45) is 5.92 Å². The molecule has 0 aromatic rings. The summed E-state index contributed by atoms with van der Waals surface area (Å²) in [7, 11) is 1.54. The molecule has 4 heteroatoms. The van der Waals surface area contributed by atoms with E-state index in [4.69, 9.17) is 4.74 Å². The number of aliphatic hydroxyl groups excluding tert-OH is 1. The molecule has 3 unspecified atom stereocenters. The van der Waals surface area contributed by atoms with Crippen LogP contribution in [0.2, 0.25) is 0 Å². The van der Waals surface area contributed by atoms with Crippen molar-refractivity contribution in [3.63, 3.8) is 0 Å². The maximum atomic E-state index is 9.51. The predicted octanol–water partition coefficient (Wildman–Crippen LogP) is 1.09. The number of hydroxylamine groups is 1. The average Bonchev–Trinajstić information content (AvgIpc) is 2.23. The molecule has 3 atom stereocenters. The summed E-state index contributed by atoms with van der Waals surface area (Å²) in [5.41, 5.74) is 2.61. The van der Waals surface area contributed by atoms with Gasteiger partial charge in [-0.25, -0.2) is 5.48 Å². The first-order chi connectivity index (χ1) is 7.22. The Morgan fingerprint density at radius 2 is 2.27 bits per heavy atom. The Labute approximate surface area is 91.9 Å². The van der Waals surface area contributed by atoms with Crippen molar-refractivity contribution in [2.45, 2.75) is 44.8 Å². The second kappa shape index (κ2) is 7.17. The molecule has 0 aliphatic heterocycles. The standard InChI is InChI=1S/C11H23NO3/c1-9-4-3-5-11(6-9)15-8-10(13)7-12-14-2/h9-13H,3-8H2,1-2H3. The Balaban J connectivity index is 2.07. The lowest BCUT2D eigenvalue weighted by molar-refractivity contribution is -0.0433. The summed E-state index contributed by atoms with van der Waals surface area (Å²) in [6.07, 6.45) is 4.68. The molecule has 0 aromatic carbocycles. The maximum Gasteiger partial charge on any atom is 0.0921 e. The van der Waals surface area contributed by atoms with Crippen molar-refractivity contribution in [1.82, 2.24) is 5.48 Å². The highest BCUT2D eigenvalue weighted by Gasteiger charge is 2.20. The minimum absolute atomic E-state index is 0.339.